The quantitative estimate of drug-likeness (QED) is 0.837. The predicted octanol–water partition coefficient (Wildman–Crippen LogP) is 1.19. The van der Waals surface area contributed by atoms with Crippen LogP contribution in [0.2, 0.25) is 0 Å². The van der Waals surface area contributed by atoms with Crippen LogP contribution in [0.1, 0.15) is 18.1 Å². The molecule has 0 aliphatic carbocycles. The zero-order valence-electron chi connectivity index (χ0n) is 11.7. The van der Waals surface area contributed by atoms with E-state index in [1.54, 1.807) is 12.1 Å². The van der Waals surface area contributed by atoms with E-state index in [1.807, 2.05) is 13.0 Å². The second kappa shape index (κ2) is 5.81. The molecule has 0 amide bonds. The van der Waals surface area contributed by atoms with Crippen LogP contribution in [-0.2, 0) is 16.4 Å². The average Bonchev–Trinajstić information content (AvgIpc) is 2.41. The highest BCUT2D eigenvalue weighted by molar-refractivity contribution is 7.91. The number of methoxy groups -OCH3 is 1. The molecule has 1 saturated heterocycles. The van der Waals surface area contributed by atoms with E-state index in [0.717, 1.165) is 5.56 Å². The van der Waals surface area contributed by atoms with Crippen molar-refractivity contribution in [2.45, 2.75) is 19.5 Å². The van der Waals surface area contributed by atoms with E-state index < -0.39 is 9.84 Å². The molecule has 1 aromatic rings. The van der Waals surface area contributed by atoms with Gasteiger partial charge in [0.25, 0.3) is 0 Å². The molecule has 0 aromatic heterocycles. The van der Waals surface area contributed by atoms with E-state index >= 15 is 0 Å². The average molecular weight is 294 g/mol. The highest BCUT2D eigenvalue weighted by Gasteiger charge is 2.27. The normalized spacial score (nSPS) is 22.1. The van der Waals surface area contributed by atoms with Crippen LogP contribution < -0.4 is 4.74 Å². The van der Waals surface area contributed by atoms with E-state index in [9.17, 15) is 8.42 Å². The molecule has 1 unspecified atom stereocenters. The van der Waals surface area contributed by atoms with Crippen LogP contribution in [-0.4, -0.2) is 44.5 Å². The summed E-state index contributed by atoms with van der Waals surface area (Å²) in [7, 11) is -1.36. The first-order valence-electron chi connectivity index (χ1n) is 6.46. The minimum Gasteiger partial charge on any atom is -0.495 e. The Morgan fingerprint density at radius 2 is 2.25 bits per heavy atom. The summed E-state index contributed by atoms with van der Waals surface area (Å²) in [6.45, 7) is 3.11. The Hall–Kier alpha value is -1.58. The largest absolute Gasteiger partial charge is 0.495 e. The van der Waals surface area contributed by atoms with Crippen molar-refractivity contribution < 1.29 is 13.2 Å². The lowest BCUT2D eigenvalue weighted by Gasteiger charge is -2.33. The standard InChI is InChI=1S/C14H18N2O3S/c1-11-10-20(17,18)6-5-16(11)9-12-3-4-14(19-2)13(7-12)8-15/h3-4,7,11H,5-6,9-10H2,1-2H3. The maximum atomic E-state index is 11.6. The Bertz CT molecular complexity index is 634. The number of sulfone groups is 1. The van der Waals surface area contributed by atoms with Crippen molar-refractivity contribution in [3.05, 3.63) is 29.3 Å². The molecular weight excluding hydrogens is 276 g/mol. The summed E-state index contributed by atoms with van der Waals surface area (Å²) in [5.41, 5.74) is 1.50. The van der Waals surface area contributed by atoms with Crippen molar-refractivity contribution in [3.63, 3.8) is 0 Å². The van der Waals surface area contributed by atoms with Crippen LogP contribution in [0.4, 0.5) is 0 Å². The molecule has 0 spiro atoms. The topological polar surface area (TPSA) is 70.4 Å². The maximum absolute atomic E-state index is 11.6. The van der Waals surface area contributed by atoms with Crippen LogP contribution in [0.5, 0.6) is 5.75 Å². The third kappa shape index (κ3) is 3.30. The summed E-state index contributed by atoms with van der Waals surface area (Å²) >= 11 is 0. The van der Waals surface area contributed by atoms with Crippen LogP contribution in [0, 0.1) is 11.3 Å². The second-order valence-corrected chi connectivity index (χ2v) is 7.31. The molecule has 6 heteroatoms. The van der Waals surface area contributed by atoms with E-state index in [0.29, 0.717) is 24.4 Å². The number of rotatable bonds is 3. The van der Waals surface area contributed by atoms with Crippen molar-refractivity contribution in [1.82, 2.24) is 4.90 Å². The van der Waals surface area contributed by atoms with Crippen molar-refractivity contribution in [3.8, 4) is 11.8 Å². The monoisotopic (exact) mass is 294 g/mol. The third-order valence-electron chi connectivity index (χ3n) is 3.58. The molecule has 0 radical (unpaired) electrons. The lowest BCUT2D eigenvalue weighted by Crippen LogP contribution is -2.46. The molecule has 108 valence electrons. The van der Waals surface area contributed by atoms with Gasteiger partial charge >= 0.3 is 0 Å². The van der Waals surface area contributed by atoms with Crippen molar-refractivity contribution in [2.24, 2.45) is 0 Å². The van der Waals surface area contributed by atoms with Crippen LogP contribution >= 0.6 is 0 Å². The van der Waals surface area contributed by atoms with Gasteiger partial charge in [0.15, 0.2) is 9.84 Å². The molecule has 0 saturated carbocycles. The number of hydrogen-bond donors (Lipinski definition) is 0. The van der Waals surface area contributed by atoms with Crippen molar-refractivity contribution in [2.75, 3.05) is 25.2 Å². The molecular formula is C14H18N2O3S. The zero-order chi connectivity index (χ0) is 14.8. The van der Waals surface area contributed by atoms with Gasteiger partial charge in [-0.1, -0.05) is 6.07 Å². The molecule has 5 nitrogen and oxygen atoms in total. The Balaban J connectivity index is 2.13. The molecule has 1 atom stereocenters. The fraction of sp³-hybridized carbons (Fsp3) is 0.500. The van der Waals surface area contributed by atoms with Crippen LogP contribution in [0.15, 0.2) is 18.2 Å². The molecule has 2 rings (SSSR count). The number of nitrogens with zero attached hydrogens (tertiary/aromatic N) is 2. The van der Waals surface area contributed by atoms with Gasteiger partial charge < -0.3 is 4.74 Å². The highest BCUT2D eigenvalue weighted by atomic mass is 32.2. The number of ether oxygens (including phenoxy) is 1. The number of nitriles is 1. The molecule has 1 heterocycles. The summed E-state index contributed by atoms with van der Waals surface area (Å²) in [4.78, 5) is 2.13. The second-order valence-electron chi connectivity index (χ2n) is 5.08. The minimum atomic E-state index is -2.89. The van der Waals surface area contributed by atoms with E-state index in [1.165, 1.54) is 7.11 Å². The predicted molar refractivity (Wildman–Crippen MR) is 76.2 cm³/mol. The molecule has 20 heavy (non-hydrogen) atoms. The van der Waals surface area contributed by atoms with Crippen LogP contribution in [0.25, 0.3) is 0 Å². The summed E-state index contributed by atoms with van der Waals surface area (Å²) in [5.74, 6) is 0.970. The first-order valence-corrected chi connectivity index (χ1v) is 8.29. The van der Waals surface area contributed by atoms with Gasteiger partial charge in [-0.25, -0.2) is 8.42 Å². The number of hydrogen-bond acceptors (Lipinski definition) is 5. The highest BCUT2D eigenvalue weighted by Crippen LogP contribution is 2.21. The lowest BCUT2D eigenvalue weighted by atomic mass is 10.1. The van der Waals surface area contributed by atoms with Gasteiger partial charge in [-0.2, -0.15) is 5.26 Å². The van der Waals surface area contributed by atoms with Crippen molar-refractivity contribution >= 4 is 9.84 Å². The summed E-state index contributed by atoms with van der Waals surface area (Å²) in [5, 5.41) is 9.08. The Morgan fingerprint density at radius 3 is 2.85 bits per heavy atom. The lowest BCUT2D eigenvalue weighted by molar-refractivity contribution is 0.218. The van der Waals surface area contributed by atoms with Gasteiger partial charge in [0.2, 0.25) is 0 Å². The van der Waals surface area contributed by atoms with E-state index in [-0.39, 0.29) is 17.5 Å². The van der Waals surface area contributed by atoms with Gasteiger partial charge in [0.05, 0.1) is 24.2 Å². The molecule has 1 aliphatic rings. The van der Waals surface area contributed by atoms with E-state index in [4.69, 9.17) is 10.00 Å². The third-order valence-corrected chi connectivity index (χ3v) is 5.37. The maximum Gasteiger partial charge on any atom is 0.153 e. The van der Waals surface area contributed by atoms with Crippen LogP contribution in [0.3, 0.4) is 0 Å². The summed E-state index contributed by atoms with van der Waals surface area (Å²) in [6.07, 6.45) is 0. The Labute approximate surface area is 119 Å². The van der Waals surface area contributed by atoms with Gasteiger partial charge in [-0.3, -0.25) is 4.90 Å². The first kappa shape index (κ1) is 14.8. The molecule has 1 fully saturated rings. The Morgan fingerprint density at radius 1 is 1.50 bits per heavy atom. The van der Waals surface area contributed by atoms with Gasteiger partial charge in [-0.15, -0.1) is 0 Å². The fourth-order valence-electron chi connectivity index (χ4n) is 2.44. The van der Waals surface area contributed by atoms with Gasteiger partial charge in [0, 0.05) is 19.1 Å². The van der Waals surface area contributed by atoms with Crippen molar-refractivity contribution in [1.29, 1.82) is 5.26 Å². The Kier molecular flexibility index (Phi) is 4.31. The minimum absolute atomic E-state index is 0.00128. The smallest absolute Gasteiger partial charge is 0.153 e. The van der Waals surface area contributed by atoms with Gasteiger partial charge in [0.1, 0.15) is 11.8 Å². The first-order chi connectivity index (χ1) is 9.45. The summed E-state index contributed by atoms with van der Waals surface area (Å²) in [6, 6.07) is 7.60. The summed E-state index contributed by atoms with van der Waals surface area (Å²) < 4.78 is 28.2. The van der Waals surface area contributed by atoms with E-state index in [2.05, 4.69) is 11.0 Å². The zero-order valence-corrected chi connectivity index (χ0v) is 12.5. The fourth-order valence-corrected chi connectivity index (χ4v) is 4.07. The molecule has 0 N–H and O–H groups in total. The molecule has 1 aromatic carbocycles. The SMILES string of the molecule is COc1ccc(CN2CCS(=O)(=O)CC2C)cc1C#N. The number of benzene rings is 1. The molecule has 0 bridgehead atoms. The van der Waals surface area contributed by atoms with Gasteiger partial charge in [-0.05, 0) is 24.6 Å². The molecule has 1 aliphatic heterocycles.